The molecule has 0 radical (unpaired) electrons. The van der Waals surface area contributed by atoms with E-state index in [0.717, 1.165) is 0 Å². The lowest BCUT2D eigenvalue weighted by Crippen LogP contribution is -2.15. The third-order valence-corrected chi connectivity index (χ3v) is 4.72. The zero-order valence-electron chi connectivity index (χ0n) is 11.0. The number of benzene rings is 1. The van der Waals surface area contributed by atoms with E-state index in [-0.39, 0.29) is 27.6 Å². The standard InChI is InChI=1S/C12H11BrN2O5S/c1-6-11(7(2)20-14-6)21(18,19)15-10-4-8(12(16)17)3-9(13)5-10/h3-5,15H,1-2H3,(H,16,17). The second-order valence-electron chi connectivity index (χ2n) is 4.29. The van der Waals surface area contributed by atoms with Crippen molar-refractivity contribution in [3.8, 4) is 0 Å². The molecule has 0 saturated heterocycles. The number of carbonyl (C=O) groups is 1. The first kappa shape index (κ1) is 15.5. The highest BCUT2D eigenvalue weighted by Gasteiger charge is 2.24. The molecule has 0 saturated carbocycles. The summed E-state index contributed by atoms with van der Waals surface area (Å²) in [4.78, 5) is 10.9. The van der Waals surface area contributed by atoms with Crippen molar-refractivity contribution in [3.63, 3.8) is 0 Å². The fourth-order valence-electron chi connectivity index (χ4n) is 1.84. The summed E-state index contributed by atoms with van der Waals surface area (Å²) in [5, 5.41) is 12.6. The molecule has 7 nitrogen and oxygen atoms in total. The van der Waals surface area contributed by atoms with E-state index in [2.05, 4.69) is 25.8 Å². The summed E-state index contributed by atoms with van der Waals surface area (Å²) < 4.78 is 32.2. The van der Waals surface area contributed by atoms with Gasteiger partial charge in [0.25, 0.3) is 10.0 Å². The minimum atomic E-state index is -3.91. The molecule has 21 heavy (non-hydrogen) atoms. The van der Waals surface area contributed by atoms with Crippen LogP contribution in [-0.2, 0) is 10.0 Å². The Hall–Kier alpha value is -1.87. The van der Waals surface area contributed by atoms with E-state index in [0.29, 0.717) is 4.47 Å². The predicted molar refractivity (Wildman–Crippen MR) is 77.9 cm³/mol. The van der Waals surface area contributed by atoms with Crippen molar-refractivity contribution in [1.82, 2.24) is 5.16 Å². The molecule has 0 aliphatic rings. The minimum absolute atomic E-state index is 0.0409. The Labute approximate surface area is 129 Å². The largest absolute Gasteiger partial charge is 0.478 e. The molecule has 1 aromatic heterocycles. The zero-order chi connectivity index (χ0) is 15.8. The van der Waals surface area contributed by atoms with E-state index in [1.807, 2.05) is 0 Å². The number of carboxylic acids is 1. The number of aryl methyl sites for hydroxylation is 2. The smallest absolute Gasteiger partial charge is 0.335 e. The number of carboxylic acid groups (broad SMARTS) is 1. The van der Waals surface area contributed by atoms with Gasteiger partial charge in [0.05, 0.1) is 11.3 Å². The average Bonchev–Trinajstić information content (AvgIpc) is 2.68. The summed E-state index contributed by atoms with van der Waals surface area (Å²) in [6.45, 7) is 2.99. The molecular weight excluding hydrogens is 364 g/mol. The number of nitrogens with zero attached hydrogens (tertiary/aromatic N) is 1. The van der Waals surface area contributed by atoms with Gasteiger partial charge in [-0.3, -0.25) is 4.72 Å². The number of anilines is 1. The van der Waals surface area contributed by atoms with Crippen molar-refractivity contribution in [1.29, 1.82) is 0 Å². The second kappa shape index (κ2) is 5.49. The van der Waals surface area contributed by atoms with Gasteiger partial charge in [0.15, 0.2) is 10.7 Å². The molecule has 1 aromatic carbocycles. The normalized spacial score (nSPS) is 11.4. The maximum atomic E-state index is 12.3. The van der Waals surface area contributed by atoms with Crippen LogP contribution in [0.1, 0.15) is 21.8 Å². The van der Waals surface area contributed by atoms with Gasteiger partial charge in [-0.1, -0.05) is 21.1 Å². The Morgan fingerprint density at radius 1 is 1.33 bits per heavy atom. The third kappa shape index (κ3) is 3.24. The Bertz CT molecular complexity index is 794. The lowest BCUT2D eigenvalue weighted by Gasteiger charge is -2.09. The van der Waals surface area contributed by atoms with Crippen LogP contribution in [0.5, 0.6) is 0 Å². The Kier molecular flexibility index (Phi) is 4.06. The van der Waals surface area contributed by atoms with E-state index in [1.54, 1.807) is 0 Å². The highest BCUT2D eigenvalue weighted by atomic mass is 79.9. The van der Waals surface area contributed by atoms with Gasteiger partial charge in [-0.2, -0.15) is 0 Å². The molecule has 0 aliphatic heterocycles. The Morgan fingerprint density at radius 3 is 2.52 bits per heavy atom. The van der Waals surface area contributed by atoms with E-state index in [4.69, 9.17) is 9.63 Å². The van der Waals surface area contributed by atoms with Gasteiger partial charge in [0, 0.05) is 4.47 Å². The van der Waals surface area contributed by atoms with Crippen LogP contribution in [0.15, 0.2) is 32.1 Å². The van der Waals surface area contributed by atoms with Gasteiger partial charge in [0.1, 0.15) is 5.69 Å². The molecule has 112 valence electrons. The van der Waals surface area contributed by atoms with E-state index in [1.165, 1.54) is 32.0 Å². The molecule has 0 aliphatic carbocycles. The number of sulfonamides is 1. The highest BCUT2D eigenvalue weighted by Crippen LogP contribution is 2.25. The number of nitrogens with one attached hydrogen (secondary N) is 1. The Morgan fingerprint density at radius 2 is 2.00 bits per heavy atom. The van der Waals surface area contributed by atoms with Crippen molar-refractivity contribution >= 4 is 37.6 Å². The topological polar surface area (TPSA) is 110 Å². The second-order valence-corrected chi connectivity index (χ2v) is 6.83. The summed E-state index contributed by atoms with van der Waals surface area (Å²) >= 11 is 3.14. The molecule has 1 heterocycles. The fourth-order valence-corrected chi connectivity index (χ4v) is 3.70. The van der Waals surface area contributed by atoms with Crippen LogP contribution in [0.3, 0.4) is 0 Å². The number of hydrogen-bond donors (Lipinski definition) is 2. The zero-order valence-corrected chi connectivity index (χ0v) is 13.4. The molecule has 0 fully saturated rings. The molecule has 2 rings (SSSR count). The number of halogens is 1. The van der Waals surface area contributed by atoms with Gasteiger partial charge < -0.3 is 9.63 Å². The quantitative estimate of drug-likeness (QED) is 0.850. The van der Waals surface area contributed by atoms with Gasteiger partial charge in [-0.05, 0) is 32.0 Å². The molecule has 2 N–H and O–H groups in total. The first-order chi connectivity index (χ1) is 9.70. The number of aromatic carboxylic acids is 1. The summed E-state index contributed by atoms with van der Waals surface area (Å²) in [5.74, 6) is -0.998. The number of aromatic nitrogens is 1. The molecule has 0 amide bonds. The van der Waals surface area contributed by atoms with Crippen LogP contribution >= 0.6 is 15.9 Å². The van der Waals surface area contributed by atoms with Gasteiger partial charge >= 0.3 is 5.97 Å². The van der Waals surface area contributed by atoms with Gasteiger partial charge in [-0.15, -0.1) is 0 Å². The number of hydrogen-bond acceptors (Lipinski definition) is 5. The monoisotopic (exact) mass is 374 g/mol. The molecule has 0 unspecified atom stereocenters. The van der Waals surface area contributed by atoms with Crippen molar-refractivity contribution in [2.75, 3.05) is 4.72 Å². The molecular formula is C12H11BrN2O5S. The third-order valence-electron chi connectivity index (χ3n) is 2.63. The molecule has 0 atom stereocenters. The first-order valence-corrected chi connectivity index (χ1v) is 7.98. The van der Waals surface area contributed by atoms with Crippen molar-refractivity contribution in [2.24, 2.45) is 0 Å². The van der Waals surface area contributed by atoms with Crippen LogP contribution in [0.25, 0.3) is 0 Å². The average molecular weight is 375 g/mol. The van der Waals surface area contributed by atoms with Gasteiger partial charge in [0.2, 0.25) is 0 Å². The molecule has 9 heteroatoms. The fraction of sp³-hybridized carbons (Fsp3) is 0.167. The van der Waals surface area contributed by atoms with Crippen LogP contribution in [0.4, 0.5) is 5.69 Å². The summed E-state index contributed by atoms with van der Waals surface area (Å²) in [7, 11) is -3.91. The van der Waals surface area contributed by atoms with Crippen LogP contribution < -0.4 is 4.72 Å². The Balaban J connectivity index is 2.44. The van der Waals surface area contributed by atoms with Crippen molar-refractivity contribution in [2.45, 2.75) is 18.7 Å². The molecule has 2 aromatic rings. The van der Waals surface area contributed by atoms with Crippen LogP contribution in [0.2, 0.25) is 0 Å². The summed E-state index contributed by atoms with van der Waals surface area (Å²) in [5.41, 5.74) is 0.316. The highest BCUT2D eigenvalue weighted by molar-refractivity contribution is 9.10. The summed E-state index contributed by atoms with van der Waals surface area (Å²) in [6, 6.07) is 4.06. The SMILES string of the molecule is Cc1noc(C)c1S(=O)(=O)Nc1cc(Br)cc(C(=O)O)c1. The molecule has 0 bridgehead atoms. The molecule has 0 spiro atoms. The maximum Gasteiger partial charge on any atom is 0.335 e. The van der Waals surface area contributed by atoms with Crippen molar-refractivity contribution in [3.05, 3.63) is 39.7 Å². The van der Waals surface area contributed by atoms with Gasteiger partial charge in [-0.25, -0.2) is 13.2 Å². The maximum absolute atomic E-state index is 12.3. The van der Waals surface area contributed by atoms with Crippen molar-refractivity contribution < 1.29 is 22.8 Å². The van der Waals surface area contributed by atoms with E-state index in [9.17, 15) is 13.2 Å². The van der Waals surface area contributed by atoms with Crippen LogP contribution in [-0.4, -0.2) is 24.7 Å². The minimum Gasteiger partial charge on any atom is -0.478 e. The summed E-state index contributed by atoms with van der Waals surface area (Å²) in [6.07, 6.45) is 0. The predicted octanol–water partition coefficient (Wildman–Crippen LogP) is 2.55. The lowest BCUT2D eigenvalue weighted by atomic mass is 10.2. The first-order valence-electron chi connectivity index (χ1n) is 5.70. The van der Waals surface area contributed by atoms with E-state index >= 15 is 0 Å². The van der Waals surface area contributed by atoms with Crippen LogP contribution in [0, 0.1) is 13.8 Å². The number of rotatable bonds is 4. The lowest BCUT2D eigenvalue weighted by molar-refractivity contribution is 0.0697. The van der Waals surface area contributed by atoms with E-state index < -0.39 is 16.0 Å².